The Morgan fingerprint density at radius 1 is 1.50 bits per heavy atom. The quantitative estimate of drug-likeness (QED) is 0.771. The molecule has 0 saturated carbocycles. The van der Waals surface area contributed by atoms with Gasteiger partial charge in [-0.3, -0.25) is 4.79 Å². The summed E-state index contributed by atoms with van der Waals surface area (Å²) in [6.45, 7) is 6.15. The van der Waals surface area contributed by atoms with E-state index in [0.29, 0.717) is 25.1 Å². The van der Waals surface area contributed by atoms with Gasteiger partial charge in [0.2, 0.25) is 5.91 Å². The number of thiazole rings is 1. The largest absolute Gasteiger partial charge is 0.358 e. The summed E-state index contributed by atoms with van der Waals surface area (Å²) in [5, 5.41) is 8.43. The molecule has 0 aliphatic rings. The molecule has 1 amide bonds. The van der Waals surface area contributed by atoms with Crippen molar-refractivity contribution in [2.24, 2.45) is 0 Å². The minimum absolute atomic E-state index is 0.112. The van der Waals surface area contributed by atoms with Gasteiger partial charge < -0.3 is 10.6 Å². The highest BCUT2D eigenvalue weighted by Gasteiger charge is 2.08. The van der Waals surface area contributed by atoms with Crippen LogP contribution in [0.5, 0.6) is 0 Å². The molecule has 0 unspecified atom stereocenters. The molecule has 0 radical (unpaired) electrons. The van der Waals surface area contributed by atoms with Gasteiger partial charge in [0.25, 0.3) is 0 Å². The normalized spacial score (nSPS) is 10.3. The van der Waals surface area contributed by atoms with Crippen LogP contribution in [0, 0.1) is 5.82 Å². The Hall–Kier alpha value is -2.21. The van der Waals surface area contributed by atoms with Gasteiger partial charge in [0.1, 0.15) is 5.82 Å². The molecule has 2 N–H and O–H groups in total. The van der Waals surface area contributed by atoms with Gasteiger partial charge in [0.15, 0.2) is 5.13 Å². The van der Waals surface area contributed by atoms with E-state index in [1.807, 2.05) is 11.4 Å². The molecule has 0 aliphatic carbocycles. The molecule has 22 heavy (non-hydrogen) atoms. The minimum Gasteiger partial charge on any atom is -0.358 e. The van der Waals surface area contributed by atoms with Gasteiger partial charge in [-0.15, -0.1) is 17.9 Å². The molecule has 116 valence electrons. The van der Waals surface area contributed by atoms with Crippen LogP contribution >= 0.6 is 11.3 Å². The lowest BCUT2D eigenvalue weighted by Crippen LogP contribution is -2.22. The van der Waals surface area contributed by atoms with Crippen LogP contribution in [0.2, 0.25) is 0 Å². The molecule has 0 spiro atoms. The van der Waals surface area contributed by atoms with E-state index in [4.69, 9.17) is 0 Å². The molecule has 2 rings (SSSR count). The number of carbonyl (C=O) groups excluding carboxylic acids is 1. The van der Waals surface area contributed by atoms with Crippen LogP contribution in [-0.2, 0) is 11.2 Å². The van der Waals surface area contributed by atoms with Crippen LogP contribution in [0.25, 0.3) is 11.3 Å². The summed E-state index contributed by atoms with van der Waals surface area (Å²) in [5.74, 6) is -0.393. The van der Waals surface area contributed by atoms with E-state index < -0.39 is 0 Å². The lowest BCUT2D eigenvalue weighted by atomic mass is 10.1. The van der Waals surface area contributed by atoms with E-state index in [0.717, 1.165) is 16.4 Å². The number of hydrogen-bond donors (Lipinski definition) is 2. The molecular weight excluding hydrogens is 301 g/mol. The summed E-state index contributed by atoms with van der Waals surface area (Å²) >= 11 is 1.47. The van der Waals surface area contributed by atoms with Gasteiger partial charge in [-0.25, -0.2) is 9.37 Å². The van der Waals surface area contributed by atoms with Gasteiger partial charge in [0.05, 0.1) is 5.69 Å². The Morgan fingerprint density at radius 3 is 3.00 bits per heavy atom. The summed E-state index contributed by atoms with van der Waals surface area (Å²) in [7, 11) is 0. The van der Waals surface area contributed by atoms with E-state index in [9.17, 15) is 9.18 Å². The standard InChI is InChI=1S/C16H18FN3OS/c1-3-7-19-16-20-15(10-22-16)13-5-4-12(14(17)9-13)6-8-18-11(2)21/h3-5,9-10H,1,6-8H2,2H3,(H,18,21)(H,19,20). The molecule has 0 bridgehead atoms. The molecule has 4 nitrogen and oxygen atoms in total. The van der Waals surface area contributed by atoms with Crippen molar-refractivity contribution in [3.05, 3.63) is 47.6 Å². The van der Waals surface area contributed by atoms with Gasteiger partial charge >= 0.3 is 0 Å². The number of rotatable bonds is 7. The predicted octanol–water partition coefficient (Wildman–Crippen LogP) is 3.23. The van der Waals surface area contributed by atoms with Crippen LogP contribution in [-0.4, -0.2) is 24.0 Å². The third kappa shape index (κ3) is 4.39. The van der Waals surface area contributed by atoms with Gasteiger partial charge in [-0.2, -0.15) is 0 Å². The maximum Gasteiger partial charge on any atom is 0.216 e. The number of benzene rings is 1. The lowest BCUT2D eigenvalue weighted by molar-refractivity contribution is -0.118. The van der Waals surface area contributed by atoms with Gasteiger partial charge in [-0.1, -0.05) is 18.2 Å². The maximum absolute atomic E-state index is 14.1. The predicted molar refractivity (Wildman–Crippen MR) is 88.6 cm³/mol. The second kappa shape index (κ2) is 7.70. The first kappa shape index (κ1) is 16.2. The van der Waals surface area contributed by atoms with E-state index in [1.165, 1.54) is 24.3 Å². The van der Waals surface area contributed by atoms with Crippen LogP contribution in [0.1, 0.15) is 12.5 Å². The number of amides is 1. The molecule has 0 saturated heterocycles. The van der Waals surface area contributed by atoms with Crippen LogP contribution in [0.15, 0.2) is 36.2 Å². The number of nitrogens with one attached hydrogen (secondary N) is 2. The highest BCUT2D eigenvalue weighted by Crippen LogP contribution is 2.26. The smallest absolute Gasteiger partial charge is 0.216 e. The van der Waals surface area contributed by atoms with Gasteiger partial charge in [-0.05, 0) is 18.1 Å². The van der Waals surface area contributed by atoms with Crippen molar-refractivity contribution < 1.29 is 9.18 Å². The molecule has 2 aromatic rings. The van der Waals surface area contributed by atoms with Crippen molar-refractivity contribution in [3.8, 4) is 11.3 Å². The first-order valence-corrected chi connectivity index (χ1v) is 7.81. The number of carbonyl (C=O) groups is 1. The van der Waals surface area contributed by atoms with Crippen LogP contribution in [0.3, 0.4) is 0 Å². The number of nitrogens with zero attached hydrogens (tertiary/aromatic N) is 1. The summed E-state index contributed by atoms with van der Waals surface area (Å²) in [6.07, 6.45) is 2.22. The Morgan fingerprint density at radius 2 is 2.32 bits per heavy atom. The first-order chi connectivity index (χ1) is 10.6. The monoisotopic (exact) mass is 319 g/mol. The Kier molecular flexibility index (Phi) is 5.66. The summed E-state index contributed by atoms with van der Waals surface area (Å²) in [6, 6.07) is 5.07. The van der Waals surface area contributed by atoms with E-state index in [-0.39, 0.29) is 11.7 Å². The van der Waals surface area contributed by atoms with Crippen LogP contribution < -0.4 is 10.6 Å². The van der Waals surface area contributed by atoms with Crippen molar-refractivity contribution >= 4 is 22.4 Å². The fraction of sp³-hybridized carbons (Fsp3) is 0.250. The minimum atomic E-state index is -0.281. The first-order valence-electron chi connectivity index (χ1n) is 6.93. The summed E-state index contributed by atoms with van der Waals surface area (Å²) in [4.78, 5) is 15.2. The molecular formula is C16H18FN3OS. The third-order valence-corrected chi connectivity index (χ3v) is 3.82. The molecule has 0 atom stereocenters. The Bertz CT molecular complexity index is 669. The van der Waals surface area contributed by atoms with E-state index in [1.54, 1.807) is 12.1 Å². The highest BCUT2D eigenvalue weighted by atomic mass is 32.1. The molecule has 6 heteroatoms. The highest BCUT2D eigenvalue weighted by molar-refractivity contribution is 7.14. The fourth-order valence-electron chi connectivity index (χ4n) is 1.93. The number of aromatic nitrogens is 1. The van der Waals surface area contributed by atoms with E-state index >= 15 is 0 Å². The van der Waals surface area contributed by atoms with Crippen molar-refractivity contribution in [3.63, 3.8) is 0 Å². The Balaban J connectivity index is 2.06. The maximum atomic E-state index is 14.1. The number of hydrogen-bond acceptors (Lipinski definition) is 4. The third-order valence-electron chi connectivity index (χ3n) is 3.02. The average molecular weight is 319 g/mol. The van der Waals surface area contributed by atoms with Gasteiger partial charge in [0, 0.05) is 31.0 Å². The average Bonchev–Trinajstić information content (AvgIpc) is 2.95. The van der Waals surface area contributed by atoms with Crippen molar-refractivity contribution in [1.29, 1.82) is 0 Å². The zero-order chi connectivity index (χ0) is 15.9. The molecule has 1 aromatic carbocycles. The topological polar surface area (TPSA) is 54.0 Å². The summed E-state index contributed by atoms with van der Waals surface area (Å²) < 4.78 is 14.1. The van der Waals surface area contributed by atoms with Crippen LogP contribution in [0.4, 0.5) is 9.52 Å². The number of halogens is 1. The molecule has 0 aliphatic heterocycles. The zero-order valence-corrected chi connectivity index (χ0v) is 13.2. The molecule has 0 fully saturated rings. The molecule has 1 heterocycles. The van der Waals surface area contributed by atoms with E-state index in [2.05, 4.69) is 22.2 Å². The lowest BCUT2D eigenvalue weighted by Gasteiger charge is -2.06. The summed E-state index contributed by atoms with van der Waals surface area (Å²) in [5.41, 5.74) is 2.06. The molecule has 1 aromatic heterocycles. The van der Waals surface area contributed by atoms with Crippen molar-refractivity contribution in [1.82, 2.24) is 10.3 Å². The second-order valence-corrected chi connectivity index (χ2v) is 5.60. The Labute approximate surface area is 133 Å². The second-order valence-electron chi connectivity index (χ2n) is 4.75. The van der Waals surface area contributed by atoms with Crippen molar-refractivity contribution in [2.75, 3.05) is 18.4 Å². The zero-order valence-electron chi connectivity index (χ0n) is 12.4. The number of anilines is 1. The van der Waals surface area contributed by atoms with Crippen molar-refractivity contribution in [2.45, 2.75) is 13.3 Å². The fourth-order valence-corrected chi connectivity index (χ4v) is 2.66. The SMILES string of the molecule is C=CCNc1nc(-c2ccc(CCNC(C)=O)c(F)c2)cs1.